The maximum atomic E-state index is 12.7. The van der Waals surface area contributed by atoms with Crippen LogP contribution in [0, 0.1) is 16.7 Å². The molecule has 17 heavy (non-hydrogen) atoms. The first kappa shape index (κ1) is 11.9. The first-order valence-electron chi connectivity index (χ1n) is 6.31. The summed E-state index contributed by atoms with van der Waals surface area (Å²) >= 11 is 5.81. The maximum absolute atomic E-state index is 12.7. The van der Waals surface area contributed by atoms with E-state index in [9.17, 15) is 4.79 Å². The van der Waals surface area contributed by atoms with Gasteiger partial charge < -0.3 is 9.47 Å². The van der Waals surface area contributed by atoms with Gasteiger partial charge in [-0.05, 0) is 18.3 Å². The Morgan fingerprint density at radius 3 is 2.59 bits per heavy atom. The number of ether oxygens (including phenoxy) is 2. The third-order valence-electron chi connectivity index (χ3n) is 5.50. The first-order chi connectivity index (χ1) is 7.88. The zero-order valence-electron chi connectivity index (χ0n) is 10.6. The van der Waals surface area contributed by atoms with Crippen molar-refractivity contribution in [3.63, 3.8) is 0 Å². The SMILES string of the molecule is CC1(C)[C@@H]2CC[C@@]1(C)C(=O)[C@]21OC[C@@H](CCl)O1. The highest BCUT2D eigenvalue weighted by Gasteiger charge is 2.76. The molecule has 0 amide bonds. The standard InChI is InChI=1S/C13H19ClO3/c1-11(2)9-4-5-12(11,3)10(15)13(9)16-7-8(6-14)17-13/h8-9H,4-7H2,1-3H3/t8-,9+,12+,13+/m1/s1. The Bertz CT molecular complexity index is 381. The average Bonchev–Trinajstić information content (AvgIpc) is 2.83. The van der Waals surface area contributed by atoms with Crippen molar-refractivity contribution in [3.05, 3.63) is 0 Å². The molecule has 1 spiro atoms. The molecule has 1 aliphatic heterocycles. The lowest BCUT2D eigenvalue weighted by Crippen LogP contribution is -2.48. The van der Waals surface area contributed by atoms with E-state index in [-0.39, 0.29) is 28.6 Å². The lowest BCUT2D eigenvalue weighted by Gasteiger charge is -2.32. The molecule has 2 aliphatic carbocycles. The minimum absolute atomic E-state index is 0.0503. The zero-order chi connectivity index (χ0) is 12.5. The Labute approximate surface area is 107 Å². The van der Waals surface area contributed by atoms with Gasteiger partial charge >= 0.3 is 0 Å². The molecule has 96 valence electrons. The quantitative estimate of drug-likeness (QED) is 0.678. The van der Waals surface area contributed by atoms with E-state index in [0.717, 1.165) is 12.8 Å². The van der Waals surface area contributed by atoms with Crippen molar-refractivity contribution in [2.45, 2.75) is 45.5 Å². The Morgan fingerprint density at radius 2 is 2.12 bits per heavy atom. The van der Waals surface area contributed by atoms with Gasteiger partial charge in [0.05, 0.1) is 18.6 Å². The molecule has 1 heterocycles. The molecular formula is C13H19ClO3. The van der Waals surface area contributed by atoms with Crippen LogP contribution in [-0.2, 0) is 14.3 Å². The lowest BCUT2D eigenvalue weighted by atomic mass is 9.70. The molecule has 3 aliphatic rings. The molecular weight excluding hydrogens is 240 g/mol. The molecule has 0 aromatic rings. The van der Waals surface area contributed by atoms with Crippen LogP contribution in [0.5, 0.6) is 0 Å². The fraction of sp³-hybridized carbons (Fsp3) is 0.923. The Hall–Kier alpha value is -0.120. The van der Waals surface area contributed by atoms with Crippen LogP contribution in [0.1, 0.15) is 33.6 Å². The summed E-state index contributed by atoms with van der Waals surface area (Å²) in [5, 5.41) is 0. The van der Waals surface area contributed by atoms with E-state index in [1.165, 1.54) is 0 Å². The average molecular weight is 259 g/mol. The van der Waals surface area contributed by atoms with Gasteiger partial charge in [-0.2, -0.15) is 0 Å². The van der Waals surface area contributed by atoms with Gasteiger partial charge in [-0.3, -0.25) is 4.79 Å². The van der Waals surface area contributed by atoms with Gasteiger partial charge in [-0.25, -0.2) is 0 Å². The van der Waals surface area contributed by atoms with Crippen molar-refractivity contribution in [3.8, 4) is 0 Å². The number of Topliss-reactive ketones (excluding diaryl/α,β-unsaturated/α-hetero) is 1. The minimum Gasteiger partial charge on any atom is -0.341 e. The van der Waals surface area contributed by atoms with E-state index in [1.54, 1.807) is 0 Å². The summed E-state index contributed by atoms with van der Waals surface area (Å²) in [5.41, 5.74) is -0.357. The van der Waals surface area contributed by atoms with E-state index < -0.39 is 5.79 Å². The third kappa shape index (κ3) is 1.14. The molecule has 1 saturated heterocycles. The van der Waals surface area contributed by atoms with Crippen molar-refractivity contribution in [1.29, 1.82) is 0 Å². The van der Waals surface area contributed by atoms with Crippen LogP contribution in [0.25, 0.3) is 0 Å². The predicted octanol–water partition coefficient (Wildman–Crippen LogP) is 2.36. The molecule has 0 unspecified atom stereocenters. The highest BCUT2D eigenvalue weighted by Crippen LogP contribution is 2.69. The van der Waals surface area contributed by atoms with Gasteiger partial charge in [0.25, 0.3) is 0 Å². The van der Waals surface area contributed by atoms with Gasteiger partial charge in [0.1, 0.15) is 0 Å². The molecule has 3 rings (SSSR count). The molecule has 0 N–H and O–H groups in total. The normalized spacial score (nSPS) is 51.6. The molecule has 3 nitrogen and oxygen atoms in total. The monoisotopic (exact) mass is 258 g/mol. The largest absolute Gasteiger partial charge is 0.341 e. The molecule has 2 saturated carbocycles. The van der Waals surface area contributed by atoms with Crippen LogP contribution in [-0.4, -0.2) is 30.2 Å². The second-order valence-corrected chi connectivity index (χ2v) is 6.66. The molecule has 4 heteroatoms. The highest BCUT2D eigenvalue weighted by molar-refractivity contribution is 6.18. The number of carbonyl (C=O) groups excluding carboxylic acids is 1. The van der Waals surface area contributed by atoms with E-state index in [1.807, 2.05) is 0 Å². The van der Waals surface area contributed by atoms with Gasteiger partial charge in [-0.15, -0.1) is 11.6 Å². The summed E-state index contributed by atoms with van der Waals surface area (Å²) in [4.78, 5) is 12.7. The highest BCUT2D eigenvalue weighted by atomic mass is 35.5. The number of halogens is 1. The van der Waals surface area contributed by atoms with E-state index >= 15 is 0 Å². The van der Waals surface area contributed by atoms with Crippen LogP contribution in [0.4, 0.5) is 0 Å². The smallest absolute Gasteiger partial charge is 0.233 e. The predicted molar refractivity (Wildman–Crippen MR) is 63.9 cm³/mol. The van der Waals surface area contributed by atoms with Gasteiger partial charge in [0, 0.05) is 11.3 Å². The summed E-state index contributed by atoms with van der Waals surface area (Å²) in [6.45, 7) is 6.83. The van der Waals surface area contributed by atoms with E-state index in [4.69, 9.17) is 21.1 Å². The topological polar surface area (TPSA) is 35.5 Å². The summed E-state index contributed by atoms with van der Waals surface area (Å²) in [6.07, 6.45) is 1.81. The molecule has 3 fully saturated rings. The molecule has 0 aromatic heterocycles. The van der Waals surface area contributed by atoms with Crippen molar-refractivity contribution in [2.75, 3.05) is 12.5 Å². The van der Waals surface area contributed by atoms with Crippen LogP contribution in [0.15, 0.2) is 0 Å². The molecule has 2 bridgehead atoms. The second kappa shape index (κ2) is 3.25. The van der Waals surface area contributed by atoms with Crippen molar-refractivity contribution in [2.24, 2.45) is 16.7 Å². The summed E-state index contributed by atoms with van der Waals surface area (Å²) in [7, 11) is 0. The lowest BCUT2D eigenvalue weighted by molar-refractivity contribution is -0.204. The minimum atomic E-state index is -0.990. The van der Waals surface area contributed by atoms with Crippen LogP contribution >= 0.6 is 11.6 Å². The Kier molecular flexibility index (Phi) is 2.28. The zero-order valence-corrected chi connectivity index (χ0v) is 11.3. The first-order valence-corrected chi connectivity index (χ1v) is 6.84. The van der Waals surface area contributed by atoms with Crippen molar-refractivity contribution < 1.29 is 14.3 Å². The van der Waals surface area contributed by atoms with Crippen molar-refractivity contribution >= 4 is 17.4 Å². The van der Waals surface area contributed by atoms with E-state index in [2.05, 4.69) is 20.8 Å². The second-order valence-electron chi connectivity index (χ2n) is 6.35. The number of ketones is 1. The van der Waals surface area contributed by atoms with Gasteiger partial charge in [-0.1, -0.05) is 20.8 Å². The summed E-state index contributed by atoms with van der Waals surface area (Å²) in [5.74, 6) is -0.297. The number of alkyl halides is 1. The molecule has 4 atom stereocenters. The number of rotatable bonds is 1. The maximum Gasteiger partial charge on any atom is 0.233 e. The molecule has 0 aromatic carbocycles. The van der Waals surface area contributed by atoms with Crippen LogP contribution in [0.2, 0.25) is 0 Å². The number of hydrogen-bond acceptors (Lipinski definition) is 3. The summed E-state index contributed by atoms with van der Waals surface area (Å²) < 4.78 is 11.7. The summed E-state index contributed by atoms with van der Waals surface area (Å²) in [6, 6.07) is 0. The van der Waals surface area contributed by atoms with Crippen LogP contribution in [0.3, 0.4) is 0 Å². The molecule has 0 radical (unpaired) electrons. The van der Waals surface area contributed by atoms with E-state index in [0.29, 0.717) is 12.5 Å². The Morgan fingerprint density at radius 1 is 1.41 bits per heavy atom. The van der Waals surface area contributed by atoms with Crippen molar-refractivity contribution in [1.82, 2.24) is 0 Å². The fourth-order valence-corrected chi connectivity index (χ4v) is 4.18. The third-order valence-corrected chi connectivity index (χ3v) is 5.84. The Balaban J connectivity index is 2.03. The van der Waals surface area contributed by atoms with Gasteiger partial charge in [0.15, 0.2) is 5.78 Å². The number of hydrogen-bond donors (Lipinski definition) is 0. The van der Waals surface area contributed by atoms with Gasteiger partial charge in [0.2, 0.25) is 5.79 Å². The number of fused-ring (bicyclic) bond motifs is 3. The number of carbonyl (C=O) groups is 1. The van der Waals surface area contributed by atoms with Crippen LogP contribution < -0.4 is 0 Å². The fourth-order valence-electron chi connectivity index (χ4n) is 4.02.